The SMILES string of the molecule is c1ccc2c(c1)CN(c1nc(NCC3CCCO3)c3ccccc3n1)CCN2. The molecule has 6 heteroatoms. The van der Waals surface area contributed by atoms with Crippen LogP contribution in [0.3, 0.4) is 0 Å². The molecule has 0 radical (unpaired) electrons. The molecule has 0 amide bonds. The second-order valence-electron chi connectivity index (χ2n) is 7.41. The van der Waals surface area contributed by atoms with Gasteiger partial charge in [0.25, 0.3) is 0 Å². The van der Waals surface area contributed by atoms with Crippen LogP contribution in [0.4, 0.5) is 17.5 Å². The van der Waals surface area contributed by atoms with Crippen molar-refractivity contribution in [2.45, 2.75) is 25.5 Å². The predicted octanol–water partition coefficient (Wildman–Crippen LogP) is 3.65. The molecule has 1 unspecified atom stereocenters. The lowest BCUT2D eigenvalue weighted by Crippen LogP contribution is -2.28. The van der Waals surface area contributed by atoms with E-state index in [-0.39, 0.29) is 6.10 Å². The Morgan fingerprint density at radius 2 is 2.00 bits per heavy atom. The van der Waals surface area contributed by atoms with E-state index in [0.29, 0.717) is 0 Å². The van der Waals surface area contributed by atoms with Crippen LogP contribution in [0.5, 0.6) is 0 Å². The summed E-state index contributed by atoms with van der Waals surface area (Å²) in [5.74, 6) is 1.66. The monoisotopic (exact) mass is 375 g/mol. The van der Waals surface area contributed by atoms with E-state index in [9.17, 15) is 0 Å². The fraction of sp³-hybridized carbons (Fsp3) is 0.364. The van der Waals surface area contributed by atoms with E-state index in [1.165, 1.54) is 11.3 Å². The van der Waals surface area contributed by atoms with Gasteiger partial charge in [-0.1, -0.05) is 30.3 Å². The number of hydrogen-bond donors (Lipinski definition) is 2. The maximum absolute atomic E-state index is 5.76. The van der Waals surface area contributed by atoms with Gasteiger partial charge in [0.2, 0.25) is 5.95 Å². The minimum atomic E-state index is 0.270. The molecular formula is C22H25N5O. The first-order valence-corrected chi connectivity index (χ1v) is 10.1. The molecule has 2 aliphatic heterocycles. The van der Waals surface area contributed by atoms with Crippen LogP contribution in [0.1, 0.15) is 18.4 Å². The van der Waals surface area contributed by atoms with Crippen LogP contribution in [-0.4, -0.2) is 42.3 Å². The zero-order valence-corrected chi connectivity index (χ0v) is 15.9. The van der Waals surface area contributed by atoms with Crippen molar-refractivity contribution in [3.05, 3.63) is 54.1 Å². The lowest BCUT2D eigenvalue weighted by Gasteiger charge is -2.22. The molecule has 0 aliphatic carbocycles. The molecule has 28 heavy (non-hydrogen) atoms. The molecule has 2 N–H and O–H groups in total. The Balaban J connectivity index is 1.47. The van der Waals surface area contributed by atoms with Crippen molar-refractivity contribution in [1.29, 1.82) is 0 Å². The summed E-state index contributed by atoms with van der Waals surface area (Å²) >= 11 is 0. The third kappa shape index (κ3) is 3.47. The highest BCUT2D eigenvalue weighted by Crippen LogP contribution is 2.27. The largest absolute Gasteiger partial charge is 0.383 e. The second-order valence-corrected chi connectivity index (χ2v) is 7.41. The highest BCUT2D eigenvalue weighted by molar-refractivity contribution is 5.90. The fourth-order valence-electron chi connectivity index (χ4n) is 3.97. The summed E-state index contributed by atoms with van der Waals surface area (Å²) in [7, 11) is 0. The van der Waals surface area contributed by atoms with Crippen LogP contribution in [0, 0.1) is 0 Å². The smallest absolute Gasteiger partial charge is 0.228 e. The quantitative estimate of drug-likeness (QED) is 0.726. The van der Waals surface area contributed by atoms with E-state index in [1.54, 1.807) is 0 Å². The summed E-state index contributed by atoms with van der Waals surface area (Å²) in [5, 5.41) is 8.09. The molecular weight excluding hydrogens is 350 g/mol. The zero-order chi connectivity index (χ0) is 18.8. The minimum absolute atomic E-state index is 0.270. The molecule has 3 aromatic rings. The summed E-state index contributed by atoms with van der Waals surface area (Å²) in [6, 6.07) is 16.7. The first-order valence-electron chi connectivity index (χ1n) is 10.1. The molecule has 1 aromatic heterocycles. The van der Waals surface area contributed by atoms with Gasteiger partial charge >= 0.3 is 0 Å². The topological polar surface area (TPSA) is 62.3 Å². The van der Waals surface area contributed by atoms with Crippen LogP contribution in [0.15, 0.2) is 48.5 Å². The number of benzene rings is 2. The maximum Gasteiger partial charge on any atom is 0.228 e. The predicted molar refractivity (Wildman–Crippen MR) is 113 cm³/mol. The molecule has 0 bridgehead atoms. The van der Waals surface area contributed by atoms with Crippen molar-refractivity contribution < 1.29 is 4.74 Å². The van der Waals surface area contributed by atoms with Crippen LogP contribution in [0.2, 0.25) is 0 Å². The summed E-state index contributed by atoms with van der Waals surface area (Å²) in [5.41, 5.74) is 3.43. The number of fused-ring (bicyclic) bond motifs is 2. The number of rotatable bonds is 4. The number of anilines is 3. The Hall–Kier alpha value is -2.86. The molecule has 0 spiro atoms. The number of aromatic nitrogens is 2. The van der Waals surface area contributed by atoms with E-state index >= 15 is 0 Å². The van der Waals surface area contributed by atoms with Gasteiger partial charge in [-0.05, 0) is 36.6 Å². The maximum atomic E-state index is 5.76. The number of nitrogens with one attached hydrogen (secondary N) is 2. The Morgan fingerprint density at radius 1 is 1.11 bits per heavy atom. The first-order chi connectivity index (χ1) is 13.9. The lowest BCUT2D eigenvalue weighted by molar-refractivity contribution is 0.120. The van der Waals surface area contributed by atoms with Crippen molar-refractivity contribution in [2.75, 3.05) is 41.8 Å². The van der Waals surface area contributed by atoms with E-state index in [4.69, 9.17) is 14.7 Å². The third-order valence-corrected chi connectivity index (χ3v) is 5.47. The van der Waals surface area contributed by atoms with Crippen LogP contribution >= 0.6 is 0 Å². The molecule has 3 heterocycles. The highest BCUT2D eigenvalue weighted by atomic mass is 16.5. The van der Waals surface area contributed by atoms with E-state index in [2.05, 4.69) is 51.9 Å². The molecule has 144 valence electrons. The molecule has 2 aliphatic rings. The van der Waals surface area contributed by atoms with Crippen LogP contribution in [0.25, 0.3) is 10.9 Å². The van der Waals surface area contributed by atoms with Crippen LogP contribution < -0.4 is 15.5 Å². The van der Waals surface area contributed by atoms with E-state index in [1.807, 2.05) is 12.1 Å². The molecule has 1 saturated heterocycles. The summed E-state index contributed by atoms with van der Waals surface area (Å²) in [6.45, 7) is 4.17. The standard InChI is InChI=1S/C22H25N5O/c1-3-9-19-16(6-1)15-27(12-11-23-19)22-25-20-10-4-2-8-18(20)21(26-22)24-14-17-7-5-13-28-17/h1-4,6,8-10,17,23H,5,7,11-15H2,(H,24,25,26). The second kappa shape index (κ2) is 7.64. The summed E-state index contributed by atoms with van der Waals surface area (Å²) in [6.07, 6.45) is 2.52. The molecule has 1 fully saturated rings. The van der Waals surface area contributed by atoms with Crippen LogP contribution in [-0.2, 0) is 11.3 Å². The minimum Gasteiger partial charge on any atom is -0.383 e. The zero-order valence-electron chi connectivity index (χ0n) is 15.9. The Morgan fingerprint density at radius 3 is 2.93 bits per heavy atom. The molecule has 2 aromatic carbocycles. The van der Waals surface area contributed by atoms with Gasteiger partial charge < -0.3 is 20.3 Å². The van der Waals surface area contributed by atoms with Gasteiger partial charge in [0.15, 0.2) is 0 Å². The first kappa shape index (κ1) is 17.3. The van der Waals surface area contributed by atoms with Gasteiger partial charge in [-0.25, -0.2) is 4.98 Å². The molecule has 1 atom stereocenters. The van der Waals surface area contributed by atoms with Gasteiger partial charge in [0.05, 0.1) is 11.6 Å². The summed E-state index contributed by atoms with van der Waals surface area (Å²) < 4.78 is 5.76. The average Bonchev–Trinajstić information content (AvgIpc) is 3.16. The summed E-state index contributed by atoms with van der Waals surface area (Å²) in [4.78, 5) is 12.0. The van der Waals surface area contributed by atoms with Crippen molar-refractivity contribution >= 4 is 28.4 Å². The normalized spacial score (nSPS) is 19.1. The van der Waals surface area contributed by atoms with E-state index < -0.39 is 0 Å². The van der Waals surface area contributed by atoms with Gasteiger partial charge in [-0.15, -0.1) is 0 Å². The van der Waals surface area contributed by atoms with Gasteiger partial charge in [0.1, 0.15) is 5.82 Å². The fourth-order valence-corrected chi connectivity index (χ4v) is 3.97. The number of ether oxygens (including phenoxy) is 1. The molecule has 6 nitrogen and oxygen atoms in total. The number of para-hydroxylation sites is 2. The Labute approximate surface area is 164 Å². The van der Waals surface area contributed by atoms with Crippen molar-refractivity contribution in [3.63, 3.8) is 0 Å². The Bertz CT molecular complexity index is 970. The van der Waals surface area contributed by atoms with Gasteiger partial charge in [-0.3, -0.25) is 0 Å². The van der Waals surface area contributed by atoms with Gasteiger partial charge in [0, 0.05) is 43.9 Å². The highest BCUT2D eigenvalue weighted by Gasteiger charge is 2.20. The van der Waals surface area contributed by atoms with Crippen molar-refractivity contribution in [1.82, 2.24) is 9.97 Å². The van der Waals surface area contributed by atoms with E-state index in [0.717, 1.165) is 68.3 Å². The number of nitrogens with zero attached hydrogens (tertiary/aromatic N) is 3. The van der Waals surface area contributed by atoms with Crippen molar-refractivity contribution in [2.24, 2.45) is 0 Å². The van der Waals surface area contributed by atoms with Gasteiger partial charge in [-0.2, -0.15) is 4.98 Å². The average molecular weight is 375 g/mol. The Kier molecular flexibility index (Phi) is 4.71. The molecule has 0 saturated carbocycles. The lowest BCUT2D eigenvalue weighted by atomic mass is 10.2. The molecule has 5 rings (SSSR count). The number of hydrogen-bond acceptors (Lipinski definition) is 6. The third-order valence-electron chi connectivity index (χ3n) is 5.47. The van der Waals surface area contributed by atoms with Crippen molar-refractivity contribution in [3.8, 4) is 0 Å².